The Morgan fingerprint density at radius 2 is 1.76 bits per heavy atom. The largest absolute Gasteiger partial charge is 0.488 e. The minimum atomic E-state index is -0.815. The van der Waals surface area contributed by atoms with E-state index in [0.29, 0.717) is 17.0 Å². The number of aryl methyl sites for hydroxylation is 1. The average molecular weight is 509 g/mol. The summed E-state index contributed by atoms with van der Waals surface area (Å²) in [7, 11) is 0. The van der Waals surface area contributed by atoms with Gasteiger partial charge in [0.2, 0.25) is 0 Å². The molecule has 0 saturated carbocycles. The van der Waals surface area contributed by atoms with Crippen molar-refractivity contribution in [3.63, 3.8) is 0 Å². The standard InChI is InChI=1S/C25H18BrFN2O4/c1-15-12-19(10-11-21(15)26)29-24(31)20(23(30)28-25(29)32)13-17-4-2-3-5-22(17)33-14-16-6-8-18(27)9-7-16/h2-13H,14H2,1H3,(H,28,30,32)/b20-13+. The van der Waals surface area contributed by atoms with Crippen LogP contribution in [-0.4, -0.2) is 17.8 Å². The molecule has 3 aromatic carbocycles. The van der Waals surface area contributed by atoms with Crippen LogP contribution in [-0.2, 0) is 16.2 Å². The fourth-order valence-corrected chi connectivity index (χ4v) is 3.53. The first-order valence-electron chi connectivity index (χ1n) is 9.97. The Hall–Kier alpha value is -3.78. The number of para-hydroxylation sites is 1. The summed E-state index contributed by atoms with van der Waals surface area (Å²) in [5.41, 5.74) is 2.22. The van der Waals surface area contributed by atoms with Gasteiger partial charge in [0.15, 0.2) is 0 Å². The first-order chi connectivity index (χ1) is 15.8. The van der Waals surface area contributed by atoms with Gasteiger partial charge in [0, 0.05) is 10.0 Å². The molecule has 4 amide bonds. The fourth-order valence-electron chi connectivity index (χ4n) is 3.29. The second kappa shape index (κ2) is 9.38. The molecule has 1 fully saturated rings. The number of nitrogens with one attached hydrogen (secondary N) is 1. The summed E-state index contributed by atoms with van der Waals surface area (Å²) in [6, 6.07) is 17.0. The molecule has 0 unspecified atom stereocenters. The summed E-state index contributed by atoms with van der Waals surface area (Å²) in [5, 5.41) is 2.22. The Morgan fingerprint density at radius 1 is 1.03 bits per heavy atom. The predicted molar refractivity (Wildman–Crippen MR) is 125 cm³/mol. The molecule has 1 aliphatic heterocycles. The first-order valence-corrected chi connectivity index (χ1v) is 10.8. The molecule has 0 aliphatic carbocycles. The van der Waals surface area contributed by atoms with Crippen LogP contribution in [0.1, 0.15) is 16.7 Å². The van der Waals surface area contributed by atoms with Crippen molar-refractivity contribution < 1.29 is 23.5 Å². The van der Waals surface area contributed by atoms with Gasteiger partial charge in [-0.1, -0.05) is 46.3 Å². The lowest BCUT2D eigenvalue weighted by atomic mass is 10.1. The Balaban J connectivity index is 1.64. The van der Waals surface area contributed by atoms with Crippen molar-refractivity contribution in [2.45, 2.75) is 13.5 Å². The van der Waals surface area contributed by atoms with Gasteiger partial charge in [-0.05, 0) is 60.5 Å². The Bertz CT molecular complexity index is 1290. The summed E-state index contributed by atoms with van der Waals surface area (Å²) < 4.78 is 19.8. The molecule has 0 aromatic heterocycles. The predicted octanol–water partition coefficient (Wildman–Crippen LogP) is 5.14. The molecule has 6 nitrogen and oxygen atoms in total. The van der Waals surface area contributed by atoms with E-state index in [4.69, 9.17) is 4.74 Å². The highest BCUT2D eigenvalue weighted by molar-refractivity contribution is 9.10. The molecule has 0 bridgehead atoms. The molecule has 0 atom stereocenters. The molecule has 3 aromatic rings. The van der Waals surface area contributed by atoms with Crippen LogP contribution >= 0.6 is 15.9 Å². The van der Waals surface area contributed by atoms with E-state index in [1.165, 1.54) is 18.2 Å². The smallest absolute Gasteiger partial charge is 0.335 e. The van der Waals surface area contributed by atoms with E-state index >= 15 is 0 Å². The zero-order chi connectivity index (χ0) is 23.5. The van der Waals surface area contributed by atoms with Crippen LogP contribution in [0, 0.1) is 12.7 Å². The maximum atomic E-state index is 13.2. The van der Waals surface area contributed by atoms with Gasteiger partial charge in [-0.2, -0.15) is 0 Å². The van der Waals surface area contributed by atoms with E-state index in [2.05, 4.69) is 21.2 Å². The molecule has 33 heavy (non-hydrogen) atoms. The highest BCUT2D eigenvalue weighted by Gasteiger charge is 2.37. The lowest BCUT2D eigenvalue weighted by Gasteiger charge is -2.26. The number of anilines is 1. The van der Waals surface area contributed by atoms with Crippen molar-refractivity contribution in [1.29, 1.82) is 0 Å². The van der Waals surface area contributed by atoms with Crippen LogP contribution in [0.3, 0.4) is 0 Å². The van der Waals surface area contributed by atoms with E-state index in [-0.39, 0.29) is 18.0 Å². The van der Waals surface area contributed by atoms with Gasteiger partial charge >= 0.3 is 6.03 Å². The number of ether oxygens (including phenoxy) is 1. The zero-order valence-corrected chi connectivity index (χ0v) is 19.1. The van der Waals surface area contributed by atoms with Gasteiger partial charge in [-0.25, -0.2) is 14.1 Å². The van der Waals surface area contributed by atoms with E-state index in [1.54, 1.807) is 54.6 Å². The quantitative estimate of drug-likeness (QED) is 0.382. The molecule has 1 heterocycles. The van der Waals surface area contributed by atoms with Gasteiger partial charge in [0.05, 0.1) is 5.69 Å². The van der Waals surface area contributed by atoms with Crippen molar-refractivity contribution in [2.75, 3.05) is 4.90 Å². The first kappa shape index (κ1) is 22.4. The van der Waals surface area contributed by atoms with Crippen molar-refractivity contribution in [2.24, 2.45) is 0 Å². The molecule has 1 aliphatic rings. The number of benzene rings is 3. The molecule has 4 rings (SSSR count). The number of carbonyl (C=O) groups excluding carboxylic acids is 3. The normalized spacial score (nSPS) is 15.1. The third-order valence-electron chi connectivity index (χ3n) is 5.03. The summed E-state index contributed by atoms with van der Waals surface area (Å²) in [6.07, 6.45) is 1.39. The number of rotatable bonds is 5. The van der Waals surface area contributed by atoms with Gasteiger partial charge < -0.3 is 4.74 Å². The third kappa shape index (κ3) is 4.85. The average Bonchev–Trinajstić information content (AvgIpc) is 2.79. The van der Waals surface area contributed by atoms with Crippen molar-refractivity contribution in [3.8, 4) is 5.75 Å². The number of barbiturate groups is 1. The number of nitrogens with zero attached hydrogens (tertiary/aromatic N) is 1. The lowest BCUT2D eigenvalue weighted by Crippen LogP contribution is -2.54. The lowest BCUT2D eigenvalue weighted by molar-refractivity contribution is -0.122. The number of halogens is 2. The van der Waals surface area contributed by atoms with E-state index in [0.717, 1.165) is 20.5 Å². The van der Waals surface area contributed by atoms with Gasteiger partial charge in [-0.3, -0.25) is 14.9 Å². The minimum absolute atomic E-state index is 0.170. The second-order valence-corrected chi connectivity index (χ2v) is 8.20. The fraction of sp³-hybridized carbons (Fsp3) is 0.0800. The molecule has 1 saturated heterocycles. The van der Waals surface area contributed by atoms with Crippen LogP contribution in [0.4, 0.5) is 14.9 Å². The number of hydrogen-bond donors (Lipinski definition) is 1. The van der Waals surface area contributed by atoms with Crippen molar-refractivity contribution in [1.82, 2.24) is 5.32 Å². The van der Waals surface area contributed by atoms with E-state index in [9.17, 15) is 18.8 Å². The van der Waals surface area contributed by atoms with Crippen LogP contribution in [0.25, 0.3) is 6.08 Å². The monoisotopic (exact) mass is 508 g/mol. The Morgan fingerprint density at radius 3 is 2.48 bits per heavy atom. The summed E-state index contributed by atoms with van der Waals surface area (Å²) >= 11 is 3.39. The molecule has 1 N–H and O–H groups in total. The van der Waals surface area contributed by atoms with Crippen LogP contribution < -0.4 is 15.0 Å². The maximum Gasteiger partial charge on any atom is 0.335 e. The Labute approximate surface area is 197 Å². The van der Waals surface area contributed by atoms with Gasteiger partial charge in [0.25, 0.3) is 11.8 Å². The summed E-state index contributed by atoms with van der Waals surface area (Å²) in [6.45, 7) is 2.00. The van der Waals surface area contributed by atoms with Crippen molar-refractivity contribution in [3.05, 3.63) is 99.3 Å². The van der Waals surface area contributed by atoms with E-state index in [1.807, 2.05) is 6.92 Å². The minimum Gasteiger partial charge on any atom is -0.488 e. The van der Waals surface area contributed by atoms with Crippen LogP contribution in [0.5, 0.6) is 5.75 Å². The van der Waals surface area contributed by atoms with Crippen LogP contribution in [0.15, 0.2) is 76.8 Å². The van der Waals surface area contributed by atoms with Gasteiger partial charge in [-0.15, -0.1) is 0 Å². The number of amides is 4. The Kier molecular flexibility index (Phi) is 6.37. The third-order valence-corrected chi connectivity index (χ3v) is 5.92. The van der Waals surface area contributed by atoms with E-state index < -0.39 is 17.8 Å². The highest BCUT2D eigenvalue weighted by atomic mass is 79.9. The second-order valence-electron chi connectivity index (χ2n) is 7.34. The maximum absolute atomic E-state index is 13.2. The SMILES string of the molecule is Cc1cc(N2C(=O)NC(=O)/C(=C\c3ccccc3OCc3ccc(F)cc3)C2=O)ccc1Br. The number of urea groups is 1. The molecule has 0 radical (unpaired) electrons. The molecule has 166 valence electrons. The highest BCUT2D eigenvalue weighted by Crippen LogP contribution is 2.28. The molecule has 0 spiro atoms. The number of imide groups is 2. The van der Waals surface area contributed by atoms with Crippen molar-refractivity contribution >= 4 is 45.5 Å². The van der Waals surface area contributed by atoms with Gasteiger partial charge in [0.1, 0.15) is 23.7 Å². The number of carbonyl (C=O) groups is 3. The molecular formula is C25H18BrFN2O4. The van der Waals surface area contributed by atoms with Crippen LogP contribution in [0.2, 0.25) is 0 Å². The molecular weight excluding hydrogens is 491 g/mol. The molecule has 8 heteroatoms. The zero-order valence-electron chi connectivity index (χ0n) is 17.5. The topological polar surface area (TPSA) is 75.7 Å². The number of hydrogen-bond acceptors (Lipinski definition) is 4. The summed E-state index contributed by atoms with van der Waals surface area (Å²) in [5.74, 6) is -1.44. The summed E-state index contributed by atoms with van der Waals surface area (Å²) in [4.78, 5) is 39.0.